The third-order valence-corrected chi connectivity index (χ3v) is 4.81. The van der Waals surface area contributed by atoms with E-state index >= 15 is 0 Å². The second kappa shape index (κ2) is 9.22. The molecule has 8 heteroatoms. The summed E-state index contributed by atoms with van der Waals surface area (Å²) < 4.78 is 15.7. The molecule has 1 aromatic heterocycles. The molecule has 1 amide bonds. The lowest BCUT2D eigenvalue weighted by atomic mass is 10.1. The maximum absolute atomic E-state index is 12.7. The van der Waals surface area contributed by atoms with Crippen molar-refractivity contribution in [3.63, 3.8) is 0 Å². The number of carbonyl (C=O) groups is 2. The van der Waals surface area contributed by atoms with E-state index in [9.17, 15) is 9.59 Å². The molecular weight excluding hydrogens is 410 g/mol. The molecule has 0 aliphatic heterocycles. The lowest BCUT2D eigenvalue weighted by Crippen LogP contribution is -2.21. The molecule has 162 valence electrons. The molecule has 0 bridgehead atoms. The average Bonchev–Trinajstić information content (AvgIpc) is 3.27. The van der Waals surface area contributed by atoms with Crippen molar-refractivity contribution in [2.24, 2.45) is 0 Å². The van der Waals surface area contributed by atoms with Gasteiger partial charge >= 0.3 is 5.97 Å². The standard InChI is InChI=1S/C24H21N3O5/c1-30-15-11-12-20(21(13-15)31-2)25-22(28)14-32-24(29)17-8-4-3-7-16(17)23-26-18-9-5-6-10-19(18)27-23/h3-13H,14H2,1-2H3,(H,25,28)(H,26,27). The van der Waals surface area contributed by atoms with Gasteiger partial charge < -0.3 is 24.5 Å². The summed E-state index contributed by atoms with van der Waals surface area (Å²) >= 11 is 0. The molecule has 0 spiro atoms. The van der Waals surface area contributed by atoms with Gasteiger partial charge in [0.15, 0.2) is 6.61 Å². The SMILES string of the molecule is COc1ccc(NC(=O)COC(=O)c2ccccc2-c2nc3ccccc3[nH]2)c(OC)c1. The highest BCUT2D eigenvalue weighted by Gasteiger charge is 2.18. The number of para-hydroxylation sites is 2. The number of nitrogens with zero attached hydrogens (tertiary/aromatic N) is 1. The number of aromatic amines is 1. The summed E-state index contributed by atoms with van der Waals surface area (Å²) in [7, 11) is 3.02. The molecule has 0 unspecified atom stereocenters. The first-order valence-electron chi connectivity index (χ1n) is 9.82. The molecule has 4 aromatic rings. The largest absolute Gasteiger partial charge is 0.497 e. The van der Waals surface area contributed by atoms with Crippen molar-refractivity contribution in [2.45, 2.75) is 0 Å². The Bertz CT molecular complexity index is 1250. The number of aromatic nitrogens is 2. The van der Waals surface area contributed by atoms with Gasteiger partial charge in [0.25, 0.3) is 5.91 Å². The van der Waals surface area contributed by atoms with E-state index in [-0.39, 0.29) is 0 Å². The Balaban J connectivity index is 1.46. The van der Waals surface area contributed by atoms with Crippen molar-refractivity contribution in [2.75, 3.05) is 26.1 Å². The normalized spacial score (nSPS) is 10.6. The van der Waals surface area contributed by atoms with Crippen LogP contribution in [0.3, 0.4) is 0 Å². The fourth-order valence-electron chi connectivity index (χ4n) is 3.24. The molecule has 0 fully saturated rings. The van der Waals surface area contributed by atoms with Crippen molar-refractivity contribution in [3.05, 3.63) is 72.3 Å². The van der Waals surface area contributed by atoms with Crippen LogP contribution in [0.25, 0.3) is 22.4 Å². The van der Waals surface area contributed by atoms with Crippen LogP contribution in [0.5, 0.6) is 11.5 Å². The molecule has 0 saturated carbocycles. The number of amides is 1. The number of imidazole rings is 1. The van der Waals surface area contributed by atoms with Gasteiger partial charge in [-0.3, -0.25) is 4.79 Å². The zero-order chi connectivity index (χ0) is 22.5. The molecule has 0 atom stereocenters. The van der Waals surface area contributed by atoms with Crippen LogP contribution in [-0.4, -0.2) is 42.7 Å². The second-order valence-electron chi connectivity index (χ2n) is 6.84. The van der Waals surface area contributed by atoms with E-state index < -0.39 is 18.5 Å². The Kier molecular flexibility index (Phi) is 6.03. The van der Waals surface area contributed by atoms with Crippen molar-refractivity contribution in [3.8, 4) is 22.9 Å². The van der Waals surface area contributed by atoms with Crippen molar-refractivity contribution in [1.29, 1.82) is 0 Å². The number of carbonyl (C=O) groups excluding carboxylic acids is 2. The van der Waals surface area contributed by atoms with Gasteiger partial charge in [-0.1, -0.05) is 30.3 Å². The number of fused-ring (bicyclic) bond motifs is 1. The molecule has 0 saturated heterocycles. The molecule has 4 rings (SSSR count). The number of nitrogens with one attached hydrogen (secondary N) is 2. The van der Waals surface area contributed by atoms with Gasteiger partial charge in [-0.2, -0.15) is 0 Å². The van der Waals surface area contributed by atoms with Crippen LogP contribution in [0.15, 0.2) is 66.7 Å². The van der Waals surface area contributed by atoms with E-state index in [1.54, 1.807) is 36.4 Å². The lowest BCUT2D eigenvalue weighted by molar-refractivity contribution is -0.119. The van der Waals surface area contributed by atoms with Crippen LogP contribution < -0.4 is 14.8 Å². The van der Waals surface area contributed by atoms with Gasteiger partial charge in [0.05, 0.1) is 36.5 Å². The number of benzene rings is 3. The highest BCUT2D eigenvalue weighted by atomic mass is 16.5. The number of H-pyrrole nitrogens is 1. The first kappa shape index (κ1) is 20.9. The second-order valence-corrected chi connectivity index (χ2v) is 6.84. The number of methoxy groups -OCH3 is 2. The van der Waals surface area contributed by atoms with Crippen molar-refractivity contribution < 1.29 is 23.8 Å². The summed E-state index contributed by atoms with van der Waals surface area (Å²) in [5.41, 5.74) is 2.99. The number of rotatable bonds is 7. The highest BCUT2D eigenvalue weighted by molar-refractivity contribution is 5.99. The smallest absolute Gasteiger partial charge is 0.339 e. The number of hydrogen-bond acceptors (Lipinski definition) is 6. The molecule has 32 heavy (non-hydrogen) atoms. The van der Waals surface area contributed by atoms with Gasteiger partial charge in [-0.05, 0) is 30.3 Å². The molecule has 8 nitrogen and oxygen atoms in total. The molecule has 3 aromatic carbocycles. The number of hydrogen-bond donors (Lipinski definition) is 2. The Morgan fingerprint density at radius 3 is 2.53 bits per heavy atom. The minimum absolute atomic E-state index is 0.307. The third-order valence-electron chi connectivity index (χ3n) is 4.81. The molecule has 2 N–H and O–H groups in total. The first-order valence-corrected chi connectivity index (χ1v) is 9.82. The Morgan fingerprint density at radius 2 is 1.75 bits per heavy atom. The zero-order valence-electron chi connectivity index (χ0n) is 17.5. The summed E-state index contributed by atoms with van der Waals surface area (Å²) in [4.78, 5) is 32.8. The Hall–Kier alpha value is -4.33. The maximum Gasteiger partial charge on any atom is 0.339 e. The lowest BCUT2D eigenvalue weighted by Gasteiger charge is -2.12. The van der Waals surface area contributed by atoms with Crippen LogP contribution in [0.4, 0.5) is 5.69 Å². The summed E-state index contributed by atoms with van der Waals surface area (Å²) in [5, 5.41) is 2.67. The van der Waals surface area contributed by atoms with E-state index in [2.05, 4.69) is 15.3 Å². The molecule has 0 aliphatic carbocycles. The number of anilines is 1. The van der Waals surface area contributed by atoms with Gasteiger partial charge in [0.2, 0.25) is 0 Å². The highest BCUT2D eigenvalue weighted by Crippen LogP contribution is 2.29. The van der Waals surface area contributed by atoms with Gasteiger partial charge in [-0.15, -0.1) is 0 Å². The van der Waals surface area contributed by atoms with Crippen LogP contribution in [0, 0.1) is 0 Å². The maximum atomic E-state index is 12.7. The van der Waals surface area contributed by atoms with E-state index in [0.29, 0.717) is 34.1 Å². The molecule has 0 aliphatic rings. The Labute approximate surface area is 184 Å². The van der Waals surface area contributed by atoms with Gasteiger partial charge in [-0.25, -0.2) is 9.78 Å². The van der Waals surface area contributed by atoms with Crippen LogP contribution >= 0.6 is 0 Å². The number of esters is 1. The summed E-state index contributed by atoms with van der Waals surface area (Å²) in [6, 6.07) is 19.5. The van der Waals surface area contributed by atoms with E-state index in [0.717, 1.165) is 11.0 Å². The molecule has 0 radical (unpaired) electrons. The van der Waals surface area contributed by atoms with Crippen molar-refractivity contribution >= 4 is 28.6 Å². The average molecular weight is 431 g/mol. The fraction of sp³-hybridized carbons (Fsp3) is 0.125. The number of ether oxygens (including phenoxy) is 3. The minimum atomic E-state index is -0.627. The van der Waals surface area contributed by atoms with Crippen LogP contribution in [-0.2, 0) is 9.53 Å². The summed E-state index contributed by atoms with van der Waals surface area (Å²) in [6.45, 7) is -0.456. The van der Waals surface area contributed by atoms with Crippen LogP contribution in [0.1, 0.15) is 10.4 Å². The predicted octanol–water partition coefficient (Wildman–Crippen LogP) is 4.04. The third kappa shape index (κ3) is 4.39. The zero-order valence-corrected chi connectivity index (χ0v) is 17.5. The quantitative estimate of drug-likeness (QED) is 0.428. The Morgan fingerprint density at radius 1 is 0.969 bits per heavy atom. The first-order chi connectivity index (χ1) is 15.6. The van der Waals surface area contributed by atoms with E-state index in [1.807, 2.05) is 30.3 Å². The van der Waals surface area contributed by atoms with E-state index in [1.165, 1.54) is 14.2 Å². The molecular formula is C24H21N3O5. The predicted molar refractivity (Wildman–Crippen MR) is 120 cm³/mol. The van der Waals surface area contributed by atoms with E-state index in [4.69, 9.17) is 14.2 Å². The topological polar surface area (TPSA) is 103 Å². The van der Waals surface area contributed by atoms with Gasteiger partial charge in [0.1, 0.15) is 17.3 Å². The summed E-state index contributed by atoms with van der Waals surface area (Å²) in [6.07, 6.45) is 0. The van der Waals surface area contributed by atoms with Crippen molar-refractivity contribution in [1.82, 2.24) is 9.97 Å². The fourth-order valence-corrected chi connectivity index (χ4v) is 3.24. The molecule has 1 heterocycles. The minimum Gasteiger partial charge on any atom is -0.497 e. The van der Waals surface area contributed by atoms with Crippen LogP contribution in [0.2, 0.25) is 0 Å². The van der Waals surface area contributed by atoms with Gasteiger partial charge in [0, 0.05) is 11.6 Å². The monoisotopic (exact) mass is 431 g/mol. The summed E-state index contributed by atoms with van der Waals surface area (Å²) in [5.74, 6) is 0.444.